The molecule has 0 saturated carbocycles. The van der Waals surface area contributed by atoms with Gasteiger partial charge in [0, 0.05) is 11.8 Å². The van der Waals surface area contributed by atoms with Crippen molar-refractivity contribution in [2.24, 2.45) is 4.99 Å². The molecule has 1 N–H and O–H groups in total. The van der Waals surface area contributed by atoms with Crippen LogP contribution in [0.15, 0.2) is 41.4 Å². The Labute approximate surface area is 161 Å². The minimum Gasteiger partial charge on any atom is -0.496 e. The molecule has 2 rings (SSSR count). The van der Waals surface area contributed by atoms with Crippen LogP contribution in [0.4, 0.5) is 5.69 Å². The third-order valence-electron chi connectivity index (χ3n) is 4.46. The van der Waals surface area contributed by atoms with Crippen molar-refractivity contribution in [1.29, 1.82) is 0 Å². The lowest BCUT2D eigenvalue weighted by Crippen LogP contribution is -2.19. The molecule has 0 spiro atoms. The fourth-order valence-corrected chi connectivity index (χ4v) is 3.01. The average molecular weight is 367 g/mol. The summed E-state index contributed by atoms with van der Waals surface area (Å²) in [5.41, 5.74) is 3.67. The van der Waals surface area contributed by atoms with E-state index in [1.165, 1.54) is 0 Å². The van der Waals surface area contributed by atoms with E-state index < -0.39 is 5.97 Å². The number of para-hydroxylation sites is 1. The highest BCUT2D eigenvalue weighted by molar-refractivity contribution is 5.95. The van der Waals surface area contributed by atoms with Crippen LogP contribution in [0.1, 0.15) is 68.6 Å². The Morgan fingerprint density at radius 2 is 1.59 bits per heavy atom. The Bertz CT molecular complexity index is 868. The Balaban J connectivity index is 2.64. The van der Waals surface area contributed by atoms with Crippen LogP contribution in [0.3, 0.4) is 0 Å². The molecule has 4 nitrogen and oxygen atoms in total. The predicted octanol–water partition coefficient (Wildman–Crippen LogP) is 5.74. The van der Waals surface area contributed by atoms with Crippen LogP contribution in [-0.2, 0) is 10.8 Å². The first-order chi connectivity index (χ1) is 12.4. The topological polar surface area (TPSA) is 58.9 Å². The van der Waals surface area contributed by atoms with Gasteiger partial charge in [0.15, 0.2) is 0 Å². The SMILES string of the molecule is COc1cc(C=Nc2ccccc2C(=O)O)c(C(C)(C)C)cc1C(C)(C)C. The van der Waals surface area contributed by atoms with Crippen LogP contribution in [0, 0.1) is 0 Å². The van der Waals surface area contributed by atoms with Crippen molar-refractivity contribution < 1.29 is 14.6 Å². The lowest BCUT2D eigenvalue weighted by Gasteiger charge is -2.28. The van der Waals surface area contributed by atoms with Gasteiger partial charge in [-0.05, 0) is 40.2 Å². The summed E-state index contributed by atoms with van der Waals surface area (Å²) in [6.07, 6.45) is 1.73. The van der Waals surface area contributed by atoms with Gasteiger partial charge in [0.1, 0.15) is 5.75 Å². The van der Waals surface area contributed by atoms with E-state index in [4.69, 9.17) is 4.74 Å². The van der Waals surface area contributed by atoms with E-state index in [0.29, 0.717) is 5.69 Å². The number of carboxylic acids is 1. The number of rotatable bonds is 4. The fraction of sp³-hybridized carbons (Fsp3) is 0.391. The minimum absolute atomic E-state index is 0.0586. The third-order valence-corrected chi connectivity index (χ3v) is 4.46. The second-order valence-electron chi connectivity index (χ2n) is 8.72. The van der Waals surface area contributed by atoms with E-state index in [9.17, 15) is 9.90 Å². The van der Waals surface area contributed by atoms with E-state index in [1.54, 1.807) is 37.6 Å². The summed E-state index contributed by atoms with van der Waals surface area (Å²) in [5, 5.41) is 9.36. The van der Waals surface area contributed by atoms with Crippen LogP contribution in [-0.4, -0.2) is 24.4 Å². The molecule has 0 aliphatic carbocycles. The number of aromatic carboxylic acids is 1. The standard InChI is InChI=1S/C23H29NO3/c1-22(2,3)17-13-18(23(4,5)6)20(27-7)12-15(17)14-24-19-11-9-8-10-16(19)21(25)26/h8-14H,1-7H3,(H,25,26). The summed E-state index contributed by atoms with van der Waals surface area (Å²) in [4.78, 5) is 15.9. The molecule has 0 amide bonds. The highest BCUT2D eigenvalue weighted by Gasteiger charge is 2.25. The van der Waals surface area contributed by atoms with Crippen molar-refractivity contribution in [3.05, 3.63) is 58.7 Å². The molecule has 0 heterocycles. The lowest BCUT2D eigenvalue weighted by atomic mass is 9.78. The molecule has 0 fully saturated rings. The highest BCUT2D eigenvalue weighted by Crippen LogP contribution is 2.37. The summed E-state index contributed by atoms with van der Waals surface area (Å²) in [7, 11) is 1.67. The van der Waals surface area contributed by atoms with Crippen molar-refractivity contribution in [3.63, 3.8) is 0 Å². The Morgan fingerprint density at radius 3 is 2.11 bits per heavy atom. The summed E-state index contributed by atoms with van der Waals surface area (Å²) in [6.45, 7) is 13.0. The molecule has 0 aliphatic rings. The van der Waals surface area contributed by atoms with Gasteiger partial charge >= 0.3 is 5.97 Å². The average Bonchev–Trinajstić information content (AvgIpc) is 2.57. The van der Waals surface area contributed by atoms with E-state index >= 15 is 0 Å². The number of carbonyl (C=O) groups is 1. The monoisotopic (exact) mass is 367 g/mol. The van der Waals surface area contributed by atoms with Gasteiger partial charge in [-0.3, -0.25) is 4.99 Å². The molecular weight excluding hydrogens is 338 g/mol. The number of nitrogens with zero attached hydrogens (tertiary/aromatic N) is 1. The van der Waals surface area contributed by atoms with Crippen LogP contribution < -0.4 is 4.74 Å². The van der Waals surface area contributed by atoms with Gasteiger partial charge in [0.2, 0.25) is 0 Å². The van der Waals surface area contributed by atoms with Gasteiger partial charge in [-0.1, -0.05) is 59.7 Å². The van der Waals surface area contributed by atoms with Crippen molar-refractivity contribution in [2.75, 3.05) is 7.11 Å². The lowest BCUT2D eigenvalue weighted by molar-refractivity contribution is 0.0698. The number of benzene rings is 2. The maximum Gasteiger partial charge on any atom is 0.337 e. The predicted molar refractivity (Wildman–Crippen MR) is 111 cm³/mol. The quantitative estimate of drug-likeness (QED) is 0.701. The summed E-state index contributed by atoms with van der Waals surface area (Å²) >= 11 is 0. The van der Waals surface area contributed by atoms with Gasteiger partial charge in [-0.25, -0.2) is 4.79 Å². The maximum absolute atomic E-state index is 11.4. The smallest absolute Gasteiger partial charge is 0.337 e. The van der Waals surface area contributed by atoms with Crippen molar-refractivity contribution >= 4 is 17.9 Å². The minimum atomic E-state index is -0.987. The van der Waals surface area contributed by atoms with Crippen molar-refractivity contribution in [3.8, 4) is 5.75 Å². The van der Waals surface area contributed by atoms with Crippen molar-refractivity contribution in [2.45, 2.75) is 52.4 Å². The molecule has 0 aromatic heterocycles. The number of methoxy groups -OCH3 is 1. The second kappa shape index (κ2) is 7.55. The number of ether oxygens (including phenoxy) is 1. The molecule has 0 radical (unpaired) electrons. The molecule has 4 heteroatoms. The zero-order chi connectivity index (χ0) is 20.4. The number of aliphatic imine (C=N–C) groups is 1. The van der Waals surface area contributed by atoms with Gasteiger partial charge < -0.3 is 9.84 Å². The van der Waals surface area contributed by atoms with E-state index in [0.717, 1.165) is 22.4 Å². The van der Waals surface area contributed by atoms with Gasteiger partial charge in [0.25, 0.3) is 0 Å². The molecule has 27 heavy (non-hydrogen) atoms. The van der Waals surface area contributed by atoms with Crippen LogP contribution in [0.25, 0.3) is 0 Å². The molecule has 0 atom stereocenters. The fourth-order valence-electron chi connectivity index (χ4n) is 3.01. The molecule has 0 bridgehead atoms. The summed E-state index contributed by atoms with van der Waals surface area (Å²) in [5.74, 6) is -0.178. The first-order valence-corrected chi connectivity index (χ1v) is 9.04. The Hall–Kier alpha value is -2.62. The van der Waals surface area contributed by atoms with E-state index in [-0.39, 0.29) is 16.4 Å². The number of hydrogen-bond acceptors (Lipinski definition) is 3. The first kappa shape index (κ1) is 20.7. The van der Waals surface area contributed by atoms with Gasteiger partial charge in [-0.2, -0.15) is 0 Å². The molecular formula is C23H29NO3. The molecule has 144 valence electrons. The molecule has 0 aliphatic heterocycles. The zero-order valence-electron chi connectivity index (χ0n) is 17.3. The van der Waals surface area contributed by atoms with Crippen LogP contribution >= 0.6 is 0 Å². The van der Waals surface area contributed by atoms with E-state index in [2.05, 4.69) is 52.6 Å². The first-order valence-electron chi connectivity index (χ1n) is 9.04. The van der Waals surface area contributed by atoms with Gasteiger partial charge in [0.05, 0.1) is 18.4 Å². The van der Waals surface area contributed by atoms with Crippen LogP contribution in [0.2, 0.25) is 0 Å². The van der Waals surface area contributed by atoms with E-state index in [1.807, 2.05) is 6.07 Å². The summed E-state index contributed by atoms with van der Waals surface area (Å²) in [6, 6.07) is 10.9. The molecule has 0 unspecified atom stereocenters. The summed E-state index contributed by atoms with van der Waals surface area (Å²) < 4.78 is 5.64. The van der Waals surface area contributed by atoms with Crippen molar-refractivity contribution in [1.82, 2.24) is 0 Å². The Morgan fingerprint density at radius 1 is 1.00 bits per heavy atom. The molecule has 2 aromatic carbocycles. The largest absolute Gasteiger partial charge is 0.496 e. The normalized spacial score (nSPS) is 12.4. The highest BCUT2D eigenvalue weighted by atomic mass is 16.5. The Kier molecular flexibility index (Phi) is 5.79. The molecule has 2 aromatic rings. The second-order valence-corrected chi connectivity index (χ2v) is 8.72. The zero-order valence-corrected chi connectivity index (χ0v) is 17.3. The number of carboxylic acid groups (broad SMARTS) is 1. The third kappa shape index (κ3) is 4.76. The number of hydrogen-bond donors (Lipinski definition) is 1. The molecule has 0 saturated heterocycles. The van der Waals surface area contributed by atoms with Gasteiger partial charge in [-0.15, -0.1) is 0 Å². The van der Waals surface area contributed by atoms with Crippen LogP contribution in [0.5, 0.6) is 5.75 Å². The maximum atomic E-state index is 11.4.